The summed E-state index contributed by atoms with van der Waals surface area (Å²) in [5.41, 5.74) is 5.59. The van der Waals surface area contributed by atoms with Crippen LogP contribution in [-0.2, 0) is 6.54 Å². The summed E-state index contributed by atoms with van der Waals surface area (Å²) in [4.78, 5) is 2.62. The third-order valence-electron chi connectivity index (χ3n) is 4.15. The lowest BCUT2D eigenvalue weighted by Crippen LogP contribution is -2.22. The van der Waals surface area contributed by atoms with Crippen LogP contribution in [0, 0.1) is 6.92 Å². The molecule has 2 aliphatic rings. The summed E-state index contributed by atoms with van der Waals surface area (Å²) in [6, 6.07) is 13.4. The number of rotatable bonds is 0. The minimum absolute atomic E-state index is 0.510. The summed E-state index contributed by atoms with van der Waals surface area (Å²) in [5, 5.41) is 1.23. The second-order valence-electron chi connectivity index (χ2n) is 5.59. The molecule has 0 saturated carbocycles. The van der Waals surface area contributed by atoms with Gasteiger partial charge in [0.25, 0.3) is 0 Å². The number of nitrogens with zero attached hydrogens (tertiary/aromatic N) is 2. The molecule has 4 rings (SSSR count). The quantitative estimate of drug-likeness (QED) is 0.720. The first-order valence-corrected chi connectivity index (χ1v) is 7.84. The number of para-hydroxylation sites is 1. The van der Waals surface area contributed by atoms with Crippen molar-refractivity contribution in [3.8, 4) is 5.69 Å². The highest BCUT2D eigenvalue weighted by Crippen LogP contribution is 2.46. The molecule has 1 saturated heterocycles. The van der Waals surface area contributed by atoms with Crippen molar-refractivity contribution in [1.82, 2.24) is 9.47 Å². The molecule has 19 heavy (non-hydrogen) atoms. The maximum Gasteiger partial charge on any atom is 0.0976 e. The maximum absolute atomic E-state index is 2.62. The van der Waals surface area contributed by atoms with Gasteiger partial charge in [-0.15, -0.1) is 11.8 Å². The average molecular weight is 270 g/mol. The minimum Gasteiger partial charge on any atom is -0.315 e. The van der Waals surface area contributed by atoms with Crippen molar-refractivity contribution in [3.63, 3.8) is 0 Å². The van der Waals surface area contributed by atoms with E-state index in [1.54, 1.807) is 0 Å². The third-order valence-corrected chi connectivity index (χ3v) is 5.56. The lowest BCUT2D eigenvalue weighted by Gasteiger charge is -2.20. The van der Waals surface area contributed by atoms with Crippen molar-refractivity contribution in [2.45, 2.75) is 31.0 Å². The van der Waals surface area contributed by atoms with Gasteiger partial charge in [0.15, 0.2) is 0 Å². The molecule has 1 aromatic carbocycles. The summed E-state index contributed by atoms with van der Waals surface area (Å²) >= 11 is 2.09. The van der Waals surface area contributed by atoms with E-state index in [1.807, 2.05) is 0 Å². The fourth-order valence-corrected chi connectivity index (χ4v) is 4.72. The number of hydrogen-bond acceptors (Lipinski definition) is 2. The Morgan fingerprint density at radius 2 is 2.00 bits per heavy atom. The van der Waals surface area contributed by atoms with Crippen molar-refractivity contribution < 1.29 is 0 Å². The van der Waals surface area contributed by atoms with E-state index < -0.39 is 0 Å². The van der Waals surface area contributed by atoms with Gasteiger partial charge in [0.2, 0.25) is 0 Å². The molecule has 3 heterocycles. The Labute approximate surface area is 118 Å². The zero-order chi connectivity index (χ0) is 13.0. The molecule has 98 valence electrons. The summed E-state index contributed by atoms with van der Waals surface area (Å²) in [5.74, 6) is 0. The number of aromatic nitrogens is 1. The van der Waals surface area contributed by atoms with Crippen molar-refractivity contribution in [2.75, 3.05) is 6.54 Å². The molecule has 2 aromatic rings. The summed E-state index contributed by atoms with van der Waals surface area (Å²) < 4.78 is 2.45. The van der Waals surface area contributed by atoms with E-state index in [-0.39, 0.29) is 0 Å². The molecule has 2 aliphatic heterocycles. The molecule has 2 atom stereocenters. The second kappa shape index (κ2) is 4.15. The Balaban J connectivity index is 1.96. The van der Waals surface area contributed by atoms with E-state index >= 15 is 0 Å². The van der Waals surface area contributed by atoms with Gasteiger partial charge in [-0.2, -0.15) is 0 Å². The molecule has 0 radical (unpaired) electrons. The Kier molecular flexibility index (Phi) is 2.54. The van der Waals surface area contributed by atoms with E-state index in [9.17, 15) is 0 Å². The normalized spacial score (nSPS) is 25.6. The van der Waals surface area contributed by atoms with Crippen LogP contribution >= 0.6 is 11.8 Å². The van der Waals surface area contributed by atoms with Gasteiger partial charge < -0.3 is 4.57 Å². The SMILES string of the molecule is Cc1ccc2n1-c1ccccc1CN1C[C@@H](C)S[C@@H]21. The van der Waals surface area contributed by atoms with E-state index in [1.165, 1.54) is 29.2 Å². The van der Waals surface area contributed by atoms with Crippen LogP contribution in [0.3, 0.4) is 0 Å². The minimum atomic E-state index is 0.510. The Morgan fingerprint density at radius 3 is 2.89 bits per heavy atom. The van der Waals surface area contributed by atoms with Gasteiger partial charge in [-0.05, 0) is 30.7 Å². The zero-order valence-corrected chi connectivity index (χ0v) is 12.2. The third kappa shape index (κ3) is 1.68. The zero-order valence-electron chi connectivity index (χ0n) is 11.3. The fraction of sp³-hybridized carbons (Fsp3) is 0.375. The predicted octanol–water partition coefficient (Wildman–Crippen LogP) is 3.74. The van der Waals surface area contributed by atoms with E-state index in [2.05, 4.69) is 71.5 Å². The molecule has 0 aliphatic carbocycles. The highest BCUT2D eigenvalue weighted by Gasteiger charge is 2.36. The Morgan fingerprint density at radius 1 is 1.16 bits per heavy atom. The summed E-state index contributed by atoms with van der Waals surface area (Å²) in [6.07, 6.45) is 0. The van der Waals surface area contributed by atoms with Gasteiger partial charge >= 0.3 is 0 Å². The summed E-state index contributed by atoms with van der Waals surface area (Å²) in [6.45, 7) is 6.80. The van der Waals surface area contributed by atoms with Gasteiger partial charge in [-0.25, -0.2) is 0 Å². The van der Waals surface area contributed by atoms with Crippen molar-refractivity contribution in [3.05, 3.63) is 53.3 Å². The molecule has 0 amide bonds. The topological polar surface area (TPSA) is 8.17 Å². The van der Waals surface area contributed by atoms with Gasteiger partial charge in [0.1, 0.15) is 0 Å². The first-order valence-electron chi connectivity index (χ1n) is 6.90. The molecular formula is C16H18N2S. The largest absolute Gasteiger partial charge is 0.315 e. The first kappa shape index (κ1) is 11.6. The van der Waals surface area contributed by atoms with Crippen LogP contribution in [0.2, 0.25) is 0 Å². The molecule has 0 N–H and O–H groups in total. The van der Waals surface area contributed by atoms with Crippen LogP contribution in [0.15, 0.2) is 36.4 Å². The second-order valence-corrected chi connectivity index (χ2v) is 7.12. The van der Waals surface area contributed by atoms with Gasteiger partial charge in [-0.3, -0.25) is 4.90 Å². The number of aryl methyl sites for hydroxylation is 1. The predicted molar refractivity (Wildman–Crippen MR) is 80.7 cm³/mol. The highest BCUT2D eigenvalue weighted by molar-refractivity contribution is 8.00. The lowest BCUT2D eigenvalue weighted by molar-refractivity contribution is 0.273. The lowest BCUT2D eigenvalue weighted by atomic mass is 10.1. The van der Waals surface area contributed by atoms with Crippen LogP contribution in [0.4, 0.5) is 0 Å². The average Bonchev–Trinajstić information content (AvgIpc) is 2.90. The van der Waals surface area contributed by atoms with Crippen LogP contribution in [0.5, 0.6) is 0 Å². The number of thioether (sulfide) groups is 1. The van der Waals surface area contributed by atoms with Crippen LogP contribution in [0.25, 0.3) is 5.69 Å². The molecule has 0 spiro atoms. The number of hydrogen-bond donors (Lipinski definition) is 0. The molecular weight excluding hydrogens is 252 g/mol. The van der Waals surface area contributed by atoms with Crippen LogP contribution < -0.4 is 0 Å². The molecule has 0 unspecified atom stereocenters. The van der Waals surface area contributed by atoms with E-state index in [0.717, 1.165) is 11.8 Å². The van der Waals surface area contributed by atoms with E-state index in [0.29, 0.717) is 5.37 Å². The smallest absolute Gasteiger partial charge is 0.0976 e. The molecule has 0 bridgehead atoms. The highest BCUT2D eigenvalue weighted by atomic mass is 32.2. The van der Waals surface area contributed by atoms with Crippen LogP contribution in [0.1, 0.15) is 29.2 Å². The molecule has 3 heteroatoms. The number of fused-ring (bicyclic) bond motifs is 5. The van der Waals surface area contributed by atoms with Gasteiger partial charge in [0.05, 0.1) is 16.8 Å². The molecule has 1 aromatic heterocycles. The first-order chi connectivity index (χ1) is 9.24. The van der Waals surface area contributed by atoms with Crippen molar-refractivity contribution in [2.24, 2.45) is 0 Å². The monoisotopic (exact) mass is 270 g/mol. The van der Waals surface area contributed by atoms with E-state index in [4.69, 9.17) is 0 Å². The Hall–Kier alpha value is -1.19. The van der Waals surface area contributed by atoms with Gasteiger partial charge in [0, 0.05) is 24.0 Å². The molecule has 2 nitrogen and oxygen atoms in total. The van der Waals surface area contributed by atoms with Gasteiger partial charge in [-0.1, -0.05) is 25.1 Å². The number of benzene rings is 1. The maximum atomic E-state index is 2.62. The fourth-order valence-electron chi connectivity index (χ4n) is 3.34. The van der Waals surface area contributed by atoms with Crippen molar-refractivity contribution >= 4 is 11.8 Å². The summed E-state index contributed by atoms with van der Waals surface area (Å²) in [7, 11) is 0. The van der Waals surface area contributed by atoms with Crippen LogP contribution in [-0.4, -0.2) is 21.3 Å². The standard InChI is InChI=1S/C16H18N2S/c1-11-7-8-15-16-17(9-12(2)19-16)10-13-5-3-4-6-14(13)18(11)15/h3-8,12,16H,9-10H2,1-2H3/t12-,16+/m1/s1. The Bertz CT molecular complexity index is 631. The molecule has 1 fully saturated rings. The van der Waals surface area contributed by atoms with Crippen molar-refractivity contribution in [1.29, 1.82) is 0 Å².